The second-order valence-corrected chi connectivity index (χ2v) is 9.67. The predicted molar refractivity (Wildman–Crippen MR) is 134 cm³/mol. The van der Waals surface area contributed by atoms with Crippen LogP contribution in [0.25, 0.3) is 10.9 Å². The standard InChI is InChI=1S/C28H34N2O5/c1-18-14-26(33-2)24(23-9-11-29-27(18)23)16-30-12-10-21(35-17-22-4-3-13-34-22)15-25(30)19-5-7-20(8-6-19)28(31)32/h5-9,11,14,21-22,25,29H,3-4,10,12-13,15-17H2,1-2H3,(H,31,32)/t21-,22?,25-/m1/s1. The highest BCUT2D eigenvalue weighted by Gasteiger charge is 2.32. The summed E-state index contributed by atoms with van der Waals surface area (Å²) < 4.78 is 17.9. The first-order valence-corrected chi connectivity index (χ1v) is 12.5. The number of aromatic carboxylic acids is 1. The van der Waals surface area contributed by atoms with E-state index >= 15 is 0 Å². The summed E-state index contributed by atoms with van der Waals surface area (Å²) in [6.07, 6.45) is 6.31. The van der Waals surface area contributed by atoms with Gasteiger partial charge in [0.25, 0.3) is 0 Å². The van der Waals surface area contributed by atoms with Crippen LogP contribution >= 0.6 is 0 Å². The average Bonchev–Trinajstić information content (AvgIpc) is 3.58. The third-order valence-electron chi connectivity index (χ3n) is 7.44. The van der Waals surface area contributed by atoms with Crippen molar-refractivity contribution in [2.45, 2.75) is 57.4 Å². The molecule has 7 nitrogen and oxygen atoms in total. The van der Waals surface area contributed by atoms with E-state index in [0.29, 0.717) is 12.2 Å². The van der Waals surface area contributed by atoms with Crippen LogP contribution in [0, 0.1) is 6.92 Å². The minimum Gasteiger partial charge on any atom is -0.496 e. The van der Waals surface area contributed by atoms with E-state index in [-0.39, 0.29) is 18.2 Å². The Labute approximate surface area is 206 Å². The van der Waals surface area contributed by atoms with Crippen molar-refractivity contribution in [3.63, 3.8) is 0 Å². The molecule has 3 aromatic rings. The van der Waals surface area contributed by atoms with Crippen molar-refractivity contribution in [2.75, 3.05) is 26.9 Å². The van der Waals surface area contributed by atoms with E-state index in [1.54, 1.807) is 19.2 Å². The maximum absolute atomic E-state index is 11.4. The molecule has 2 aliphatic rings. The number of H-pyrrole nitrogens is 1. The smallest absolute Gasteiger partial charge is 0.335 e. The van der Waals surface area contributed by atoms with E-state index < -0.39 is 5.97 Å². The number of rotatable bonds is 8. The van der Waals surface area contributed by atoms with Crippen LogP contribution in [-0.4, -0.2) is 60.0 Å². The molecule has 7 heteroatoms. The molecule has 1 unspecified atom stereocenters. The number of ether oxygens (including phenoxy) is 3. The Morgan fingerprint density at radius 2 is 2.06 bits per heavy atom. The highest BCUT2D eigenvalue weighted by atomic mass is 16.5. The second kappa shape index (κ2) is 10.4. The van der Waals surface area contributed by atoms with Crippen LogP contribution in [0.5, 0.6) is 5.75 Å². The maximum atomic E-state index is 11.4. The fourth-order valence-corrected chi connectivity index (χ4v) is 5.52. The minimum atomic E-state index is -0.908. The Morgan fingerprint density at radius 1 is 1.23 bits per heavy atom. The number of nitrogens with one attached hydrogen (secondary N) is 1. The Balaban J connectivity index is 1.41. The summed E-state index contributed by atoms with van der Waals surface area (Å²) in [7, 11) is 1.73. The molecular weight excluding hydrogens is 444 g/mol. The summed E-state index contributed by atoms with van der Waals surface area (Å²) in [5.41, 5.74) is 4.87. The minimum absolute atomic E-state index is 0.112. The molecule has 2 saturated heterocycles. The fourth-order valence-electron chi connectivity index (χ4n) is 5.52. The molecule has 2 aliphatic heterocycles. The van der Waals surface area contributed by atoms with E-state index in [1.807, 2.05) is 18.3 Å². The molecule has 0 saturated carbocycles. The molecule has 35 heavy (non-hydrogen) atoms. The van der Waals surface area contributed by atoms with Gasteiger partial charge in [0.15, 0.2) is 0 Å². The third kappa shape index (κ3) is 5.08. The van der Waals surface area contributed by atoms with Crippen LogP contribution in [0.4, 0.5) is 0 Å². The van der Waals surface area contributed by atoms with Crippen molar-refractivity contribution in [3.05, 3.63) is 64.8 Å². The lowest BCUT2D eigenvalue weighted by Crippen LogP contribution is -2.40. The molecule has 0 spiro atoms. The van der Waals surface area contributed by atoms with Gasteiger partial charge >= 0.3 is 5.97 Å². The third-order valence-corrected chi connectivity index (χ3v) is 7.44. The van der Waals surface area contributed by atoms with E-state index in [4.69, 9.17) is 14.2 Å². The van der Waals surface area contributed by atoms with E-state index in [0.717, 1.165) is 67.8 Å². The van der Waals surface area contributed by atoms with Gasteiger partial charge in [0, 0.05) is 48.4 Å². The van der Waals surface area contributed by atoms with E-state index in [2.05, 4.69) is 28.9 Å². The van der Waals surface area contributed by atoms with Gasteiger partial charge < -0.3 is 24.3 Å². The van der Waals surface area contributed by atoms with Gasteiger partial charge in [0.1, 0.15) is 5.75 Å². The Kier molecular flexibility index (Phi) is 7.09. The molecule has 1 aromatic heterocycles. The molecule has 2 fully saturated rings. The molecular formula is C28H34N2O5. The zero-order valence-corrected chi connectivity index (χ0v) is 20.5. The van der Waals surface area contributed by atoms with Crippen molar-refractivity contribution < 1.29 is 24.1 Å². The van der Waals surface area contributed by atoms with Crippen LogP contribution in [-0.2, 0) is 16.0 Å². The topological polar surface area (TPSA) is 84.0 Å². The Bertz CT molecular complexity index is 1170. The van der Waals surface area contributed by atoms with Crippen molar-refractivity contribution >= 4 is 16.9 Å². The summed E-state index contributed by atoms with van der Waals surface area (Å²) in [6.45, 7) is 5.18. The summed E-state index contributed by atoms with van der Waals surface area (Å²) in [4.78, 5) is 17.2. The number of carboxylic acids is 1. The van der Waals surface area contributed by atoms with Gasteiger partial charge in [0.05, 0.1) is 31.5 Å². The molecule has 5 rings (SSSR count). The van der Waals surface area contributed by atoms with Gasteiger partial charge in [-0.05, 0) is 68.0 Å². The molecule has 186 valence electrons. The number of hydrogen-bond donors (Lipinski definition) is 2. The van der Waals surface area contributed by atoms with Gasteiger partial charge in [-0.3, -0.25) is 4.90 Å². The van der Waals surface area contributed by atoms with Crippen LogP contribution in [0.2, 0.25) is 0 Å². The Morgan fingerprint density at radius 3 is 2.77 bits per heavy atom. The summed E-state index contributed by atoms with van der Waals surface area (Å²) in [6, 6.07) is 11.6. The largest absolute Gasteiger partial charge is 0.496 e. The number of fused-ring (bicyclic) bond motifs is 1. The summed E-state index contributed by atoms with van der Waals surface area (Å²) >= 11 is 0. The molecule has 0 amide bonds. The lowest BCUT2D eigenvalue weighted by Gasteiger charge is -2.40. The van der Waals surface area contributed by atoms with Crippen LogP contribution in [0.15, 0.2) is 42.6 Å². The normalized spacial score (nSPS) is 23.1. The van der Waals surface area contributed by atoms with Crippen LogP contribution < -0.4 is 4.74 Å². The molecule has 0 bridgehead atoms. The van der Waals surface area contributed by atoms with Crippen molar-refractivity contribution in [1.82, 2.24) is 9.88 Å². The van der Waals surface area contributed by atoms with Gasteiger partial charge in [-0.1, -0.05) is 12.1 Å². The van der Waals surface area contributed by atoms with Gasteiger partial charge in [0.2, 0.25) is 0 Å². The number of aryl methyl sites for hydroxylation is 1. The molecule has 3 heterocycles. The van der Waals surface area contributed by atoms with Crippen molar-refractivity contribution in [3.8, 4) is 5.75 Å². The lowest BCUT2D eigenvalue weighted by molar-refractivity contribution is -0.0563. The molecule has 2 aromatic carbocycles. The molecule has 3 atom stereocenters. The second-order valence-electron chi connectivity index (χ2n) is 9.67. The highest BCUT2D eigenvalue weighted by molar-refractivity contribution is 5.88. The number of methoxy groups -OCH3 is 1. The summed E-state index contributed by atoms with van der Waals surface area (Å²) in [5.74, 6) is -0.0135. The number of likely N-dealkylation sites (tertiary alicyclic amines) is 1. The first kappa shape index (κ1) is 23.9. The zero-order valence-electron chi connectivity index (χ0n) is 20.5. The maximum Gasteiger partial charge on any atom is 0.335 e. The number of carbonyl (C=O) groups is 1. The quantitative estimate of drug-likeness (QED) is 0.470. The number of piperidine rings is 1. The molecule has 0 aliphatic carbocycles. The average molecular weight is 479 g/mol. The van der Waals surface area contributed by atoms with Gasteiger partial charge in [-0.25, -0.2) is 4.79 Å². The SMILES string of the molecule is COc1cc(C)c2[nH]ccc2c1CN1CC[C@@H](OCC2CCCO2)C[C@@H]1c1ccc(C(=O)O)cc1. The number of aromatic nitrogens is 1. The number of hydrogen-bond acceptors (Lipinski definition) is 5. The van der Waals surface area contributed by atoms with Crippen molar-refractivity contribution in [2.24, 2.45) is 0 Å². The van der Waals surface area contributed by atoms with Crippen LogP contribution in [0.3, 0.4) is 0 Å². The molecule has 2 N–H and O–H groups in total. The number of aromatic amines is 1. The first-order valence-electron chi connectivity index (χ1n) is 12.5. The molecule has 0 radical (unpaired) electrons. The number of nitrogens with zero attached hydrogens (tertiary/aromatic N) is 1. The van der Waals surface area contributed by atoms with E-state index in [9.17, 15) is 9.90 Å². The number of carboxylic acid groups (broad SMARTS) is 1. The monoisotopic (exact) mass is 478 g/mol. The lowest BCUT2D eigenvalue weighted by atomic mass is 9.91. The van der Waals surface area contributed by atoms with Crippen molar-refractivity contribution in [1.29, 1.82) is 0 Å². The van der Waals surface area contributed by atoms with Crippen LogP contribution in [0.1, 0.15) is 58.8 Å². The first-order chi connectivity index (χ1) is 17.0. The zero-order chi connectivity index (χ0) is 24.4. The fraction of sp³-hybridized carbons (Fsp3) is 0.464. The number of benzene rings is 2. The van der Waals surface area contributed by atoms with E-state index in [1.165, 1.54) is 10.9 Å². The van der Waals surface area contributed by atoms with Gasteiger partial charge in [-0.2, -0.15) is 0 Å². The van der Waals surface area contributed by atoms with Gasteiger partial charge in [-0.15, -0.1) is 0 Å². The summed E-state index contributed by atoms with van der Waals surface area (Å²) in [5, 5.41) is 10.5. The predicted octanol–water partition coefficient (Wildman–Crippen LogP) is 5.08. The highest BCUT2D eigenvalue weighted by Crippen LogP contribution is 2.38. The Hall–Kier alpha value is -2.87.